The summed E-state index contributed by atoms with van der Waals surface area (Å²) in [7, 11) is 0. The number of carbonyl (C=O) groups is 1. The smallest absolute Gasteiger partial charge is 0.289 e. The molecular weight excluding hydrogens is 246 g/mol. The summed E-state index contributed by atoms with van der Waals surface area (Å²) in [5.74, 6) is -0.0758. The zero-order valence-electron chi connectivity index (χ0n) is 8.34. The molecule has 0 unspecified atom stereocenters. The van der Waals surface area contributed by atoms with Crippen LogP contribution in [0.3, 0.4) is 0 Å². The summed E-state index contributed by atoms with van der Waals surface area (Å²) < 4.78 is 0.754. The Morgan fingerprint density at radius 3 is 2.29 bits per heavy atom. The van der Waals surface area contributed by atoms with E-state index < -0.39 is 0 Å². The van der Waals surface area contributed by atoms with Gasteiger partial charge >= 0.3 is 0 Å². The van der Waals surface area contributed by atoms with Crippen molar-refractivity contribution >= 4 is 21.8 Å². The summed E-state index contributed by atoms with van der Waals surface area (Å²) in [6.07, 6.45) is 3.09. The fraction of sp³-hybridized carbons (Fsp3) is 0.444. The molecule has 76 valence electrons. The Labute approximate surface area is 91.3 Å². The first-order valence-electron chi connectivity index (χ1n) is 4.18. The van der Waals surface area contributed by atoms with Crippen molar-refractivity contribution in [3.05, 3.63) is 22.7 Å². The van der Waals surface area contributed by atoms with Gasteiger partial charge in [-0.15, -0.1) is 0 Å². The highest BCUT2D eigenvalue weighted by atomic mass is 79.9. The lowest BCUT2D eigenvalue weighted by Gasteiger charge is -2.19. The summed E-state index contributed by atoms with van der Waals surface area (Å²) in [5.41, 5.74) is -0.270. The van der Waals surface area contributed by atoms with Crippen LogP contribution in [0.15, 0.2) is 16.9 Å². The van der Waals surface area contributed by atoms with Crippen molar-refractivity contribution in [3.8, 4) is 0 Å². The van der Waals surface area contributed by atoms with Crippen LogP contribution in [0.5, 0.6) is 0 Å². The Balaban J connectivity index is 2.76. The Kier molecular flexibility index (Phi) is 3.21. The normalized spacial score (nSPS) is 11.1. The zero-order valence-corrected chi connectivity index (χ0v) is 9.92. The molecule has 0 fully saturated rings. The van der Waals surface area contributed by atoms with E-state index in [4.69, 9.17) is 0 Å². The van der Waals surface area contributed by atoms with E-state index in [0.717, 1.165) is 4.47 Å². The molecule has 1 N–H and O–H groups in total. The van der Waals surface area contributed by atoms with Crippen LogP contribution in [0, 0.1) is 0 Å². The van der Waals surface area contributed by atoms with Crippen LogP contribution in [0.1, 0.15) is 31.4 Å². The molecule has 0 radical (unpaired) electrons. The van der Waals surface area contributed by atoms with E-state index in [1.54, 1.807) is 12.4 Å². The quantitative estimate of drug-likeness (QED) is 0.835. The maximum atomic E-state index is 11.5. The predicted octanol–water partition coefficient (Wildman–Crippen LogP) is 1.77. The highest BCUT2D eigenvalue weighted by Gasteiger charge is 2.16. The van der Waals surface area contributed by atoms with Crippen molar-refractivity contribution in [2.75, 3.05) is 0 Å². The number of halogens is 1. The van der Waals surface area contributed by atoms with Gasteiger partial charge in [0.1, 0.15) is 0 Å². The van der Waals surface area contributed by atoms with Crippen molar-refractivity contribution < 1.29 is 4.79 Å². The second-order valence-electron chi connectivity index (χ2n) is 3.93. The van der Waals surface area contributed by atoms with Gasteiger partial charge in [0, 0.05) is 17.9 Å². The van der Waals surface area contributed by atoms with Gasteiger partial charge in [0.25, 0.3) is 5.91 Å². The van der Waals surface area contributed by atoms with Crippen LogP contribution in [0.2, 0.25) is 0 Å². The zero-order chi connectivity index (χ0) is 10.8. The van der Waals surface area contributed by atoms with Crippen molar-refractivity contribution in [2.24, 2.45) is 0 Å². The first-order valence-corrected chi connectivity index (χ1v) is 4.98. The highest BCUT2D eigenvalue weighted by Crippen LogP contribution is 2.05. The molecule has 4 nitrogen and oxygen atoms in total. The van der Waals surface area contributed by atoms with Crippen molar-refractivity contribution in [1.29, 1.82) is 0 Å². The fourth-order valence-corrected chi connectivity index (χ4v) is 1.03. The third-order valence-electron chi connectivity index (χ3n) is 1.31. The third-order valence-corrected chi connectivity index (χ3v) is 1.72. The summed E-state index contributed by atoms with van der Waals surface area (Å²) in [4.78, 5) is 19.3. The molecule has 0 bridgehead atoms. The van der Waals surface area contributed by atoms with Gasteiger partial charge in [-0.3, -0.25) is 4.79 Å². The molecule has 0 spiro atoms. The van der Waals surface area contributed by atoms with Crippen molar-refractivity contribution in [3.63, 3.8) is 0 Å². The van der Waals surface area contributed by atoms with E-state index in [9.17, 15) is 4.79 Å². The lowest BCUT2D eigenvalue weighted by Crippen LogP contribution is -2.41. The standard InChI is InChI=1S/C9H12BrN3O/c1-9(2,3)13-8(14)7-11-4-6(10)5-12-7/h4-5H,1-3H3,(H,13,14). The number of amides is 1. The van der Waals surface area contributed by atoms with Gasteiger partial charge in [0.15, 0.2) is 0 Å². The number of carbonyl (C=O) groups excluding carboxylic acids is 1. The molecule has 1 heterocycles. The van der Waals surface area contributed by atoms with Crippen LogP contribution in [0.25, 0.3) is 0 Å². The number of nitrogens with zero attached hydrogens (tertiary/aromatic N) is 2. The van der Waals surface area contributed by atoms with Crippen molar-refractivity contribution in [2.45, 2.75) is 26.3 Å². The van der Waals surface area contributed by atoms with Crippen molar-refractivity contribution in [1.82, 2.24) is 15.3 Å². The minimum Gasteiger partial charge on any atom is -0.345 e. The fourth-order valence-electron chi connectivity index (χ4n) is 0.826. The summed E-state index contributed by atoms with van der Waals surface area (Å²) in [6, 6.07) is 0. The van der Waals surface area contributed by atoms with Gasteiger partial charge in [0.05, 0.1) is 4.47 Å². The number of nitrogens with one attached hydrogen (secondary N) is 1. The maximum absolute atomic E-state index is 11.5. The molecule has 0 atom stereocenters. The molecule has 14 heavy (non-hydrogen) atoms. The predicted molar refractivity (Wildman–Crippen MR) is 57.0 cm³/mol. The molecule has 0 aliphatic heterocycles. The first kappa shape index (κ1) is 11.1. The first-order chi connectivity index (χ1) is 6.38. The van der Waals surface area contributed by atoms with E-state index in [1.807, 2.05) is 20.8 Å². The van der Waals surface area contributed by atoms with Crippen LogP contribution in [-0.2, 0) is 0 Å². The van der Waals surface area contributed by atoms with Crippen LogP contribution in [0.4, 0.5) is 0 Å². The number of rotatable bonds is 1. The second kappa shape index (κ2) is 4.04. The molecule has 0 aliphatic rings. The largest absolute Gasteiger partial charge is 0.345 e. The molecule has 1 rings (SSSR count). The van der Waals surface area contributed by atoms with Gasteiger partial charge in [-0.2, -0.15) is 0 Å². The second-order valence-corrected chi connectivity index (χ2v) is 4.84. The van der Waals surface area contributed by atoms with E-state index in [2.05, 4.69) is 31.2 Å². The molecule has 0 saturated carbocycles. The Hall–Kier alpha value is -0.970. The summed E-state index contributed by atoms with van der Waals surface area (Å²) >= 11 is 3.20. The van der Waals surface area contributed by atoms with E-state index in [0.29, 0.717) is 0 Å². The van der Waals surface area contributed by atoms with E-state index in [-0.39, 0.29) is 17.3 Å². The highest BCUT2D eigenvalue weighted by molar-refractivity contribution is 9.10. The Bertz CT molecular complexity index is 329. The van der Waals surface area contributed by atoms with Crippen LogP contribution >= 0.6 is 15.9 Å². The maximum Gasteiger partial charge on any atom is 0.289 e. The van der Waals surface area contributed by atoms with Gasteiger partial charge in [-0.1, -0.05) is 0 Å². The van der Waals surface area contributed by atoms with Crippen LogP contribution in [-0.4, -0.2) is 21.4 Å². The Morgan fingerprint density at radius 1 is 1.36 bits per heavy atom. The number of hydrogen-bond acceptors (Lipinski definition) is 3. The monoisotopic (exact) mass is 257 g/mol. The molecule has 0 aliphatic carbocycles. The molecule has 1 amide bonds. The Morgan fingerprint density at radius 2 is 1.86 bits per heavy atom. The molecule has 0 aromatic carbocycles. The summed E-state index contributed by atoms with van der Waals surface area (Å²) in [5, 5.41) is 2.78. The lowest BCUT2D eigenvalue weighted by atomic mass is 10.1. The number of hydrogen-bond donors (Lipinski definition) is 1. The average Bonchev–Trinajstić information content (AvgIpc) is 2.02. The molecule has 5 heteroatoms. The molecule has 1 aromatic rings. The molecule has 0 saturated heterocycles. The third kappa shape index (κ3) is 3.41. The van der Waals surface area contributed by atoms with Gasteiger partial charge in [0.2, 0.25) is 5.82 Å². The van der Waals surface area contributed by atoms with Crippen LogP contribution < -0.4 is 5.32 Å². The average molecular weight is 258 g/mol. The van der Waals surface area contributed by atoms with E-state index in [1.165, 1.54) is 0 Å². The minimum atomic E-state index is -0.270. The minimum absolute atomic E-state index is 0.183. The number of aromatic nitrogens is 2. The SMILES string of the molecule is CC(C)(C)NC(=O)c1ncc(Br)cn1. The van der Waals surface area contributed by atoms with Gasteiger partial charge < -0.3 is 5.32 Å². The summed E-state index contributed by atoms with van der Waals surface area (Å²) in [6.45, 7) is 5.72. The molecular formula is C9H12BrN3O. The van der Waals surface area contributed by atoms with E-state index >= 15 is 0 Å². The van der Waals surface area contributed by atoms with Gasteiger partial charge in [-0.05, 0) is 36.7 Å². The molecule has 1 aromatic heterocycles. The topological polar surface area (TPSA) is 54.9 Å². The lowest BCUT2D eigenvalue weighted by molar-refractivity contribution is 0.0908. The van der Waals surface area contributed by atoms with Gasteiger partial charge in [-0.25, -0.2) is 9.97 Å².